The van der Waals surface area contributed by atoms with E-state index in [0.717, 1.165) is 6.42 Å². The van der Waals surface area contributed by atoms with Crippen LogP contribution in [0.1, 0.15) is 31.9 Å². The van der Waals surface area contributed by atoms with Gasteiger partial charge in [0.05, 0.1) is 0 Å². The van der Waals surface area contributed by atoms with Crippen molar-refractivity contribution in [2.45, 2.75) is 27.2 Å². The van der Waals surface area contributed by atoms with E-state index in [2.05, 4.69) is 49.9 Å². The molecule has 0 spiro atoms. The zero-order chi connectivity index (χ0) is 12.0. The molecule has 1 aromatic rings. The Hall–Kier alpha value is -1.56. The maximum atomic E-state index is 3.76. The molecule has 84 valence electrons. The van der Waals surface area contributed by atoms with Crippen molar-refractivity contribution in [2.75, 3.05) is 0 Å². The van der Waals surface area contributed by atoms with Crippen LogP contribution in [0, 0.1) is 0 Å². The van der Waals surface area contributed by atoms with Crippen LogP contribution in [0.3, 0.4) is 0 Å². The van der Waals surface area contributed by atoms with Crippen LogP contribution in [0.15, 0.2) is 54.6 Å². The first-order chi connectivity index (χ1) is 7.86. The summed E-state index contributed by atoms with van der Waals surface area (Å²) in [6.07, 6.45) is 7.21. The molecule has 0 radical (unpaired) electrons. The Morgan fingerprint density at radius 2 is 1.88 bits per heavy atom. The van der Waals surface area contributed by atoms with Crippen LogP contribution in [0.4, 0.5) is 0 Å². The van der Waals surface area contributed by atoms with Crippen molar-refractivity contribution in [1.29, 1.82) is 0 Å². The topological polar surface area (TPSA) is 0 Å². The van der Waals surface area contributed by atoms with Crippen molar-refractivity contribution in [3.63, 3.8) is 0 Å². The van der Waals surface area contributed by atoms with Gasteiger partial charge in [0.15, 0.2) is 0 Å². The molecule has 0 aromatic heterocycles. The number of rotatable bonds is 1. The molecular weight excluding hydrogens is 192 g/mol. The third kappa shape index (κ3) is 2.33. The second-order valence-electron chi connectivity index (χ2n) is 3.46. The molecule has 0 N–H and O–H groups in total. The molecule has 0 heteroatoms. The fraction of sp³-hybridized carbons (Fsp3) is 0.250. The van der Waals surface area contributed by atoms with Crippen molar-refractivity contribution in [2.24, 2.45) is 0 Å². The summed E-state index contributed by atoms with van der Waals surface area (Å²) in [5, 5.41) is 0. The third-order valence-corrected chi connectivity index (χ3v) is 2.67. The molecule has 0 nitrogen and oxygen atoms in total. The van der Waals surface area contributed by atoms with Crippen molar-refractivity contribution >= 4 is 5.57 Å². The minimum absolute atomic E-state index is 1.06. The Bertz CT molecular complexity index is 419. The fourth-order valence-corrected chi connectivity index (χ4v) is 1.98. The Kier molecular flexibility index (Phi) is 4.78. The van der Waals surface area contributed by atoms with Crippen LogP contribution in [0.25, 0.3) is 5.57 Å². The first-order valence-corrected chi connectivity index (χ1v) is 5.93. The van der Waals surface area contributed by atoms with Crippen molar-refractivity contribution < 1.29 is 0 Å². The summed E-state index contributed by atoms with van der Waals surface area (Å²) < 4.78 is 0. The molecule has 0 saturated carbocycles. The zero-order valence-corrected chi connectivity index (χ0v) is 10.5. The van der Waals surface area contributed by atoms with E-state index >= 15 is 0 Å². The molecular formula is C16H20. The molecule has 0 atom stereocenters. The zero-order valence-electron chi connectivity index (χ0n) is 10.5. The van der Waals surface area contributed by atoms with E-state index in [0.29, 0.717) is 0 Å². The summed E-state index contributed by atoms with van der Waals surface area (Å²) in [5.74, 6) is 0. The predicted molar refractivity (Wildman–Crippen MR) is 73.4 cm³/mol. The number of hydrogen-bond donors (Lipinski definition) is 0. The van der Waals surface area contributed by atoms with E-state index in [4.69, 9.17) is 0 Å². The molecule has 0 fully saturated rings. The molecule has 16 heavy (non-hydrogen) atoms. The van der Waals surface area contributed by atoms with Gasteiger partial charge in [0.25, 0.3) is 0 Å². The van der Waals surface area contributed by atoms with Gasteiger partial charge >= 0.3 is 0 Å². The minimum Gasteiger partial charge on any atom is -0.0990 e. The van der Waals surface area contributed by atoms with Gasteiger partial charge in [-0.15, -0.1) is 0 Å². The lowest BCUT2D eigenvalue weighted by Gasteiger charge is -1.99. The average molecular weight is 212 g/mol. The molecule has 1 aliphatic rings. The van der Waals surface area contributed by atoms with Crippen LogP contribution in [0.5, 0.6) is 0 Å². The smallest absolute Gasteiger partial charge is 0.00167 e. The van der Waals surface area contributed by atoms with E-state index in [-0.39, 0.29) is 0 Å². The maximum Gasteiger partial charge on any atom is -0.00167 e. The monoisotopic (exact) mass is 212 g/mol. The summed E-state index contributed by atoms with van der Waals surface area (Å²) in [6, 6.07) is 8.57. The number of fused-ring (bicyclic) bond motifs is 1. The highest BCUT2D eigenvalue weighted by Gasteiger charge is 2.18. The lowest BCUT2D eigenvalue weighted by Crippen LogP contribution is -1.78. The summed E-state index contributed by atoms with van der Waals surface area (Å²) in [6.45, 7) is 9.86. The predicted octanol–water partition coefficient (Wildman–Crippen LogP) is 4.78. The number of hydrogen-bond acceptors (Lipinski definition) is 0. The van der Waals surface area contributed by atoms with Gasteiger partial charge in [-0.3, -0.25) is 0 Å². The lowest BCUT2D eigenvalue weighted by molar-refractivity contribution is 1.26. The highest BCUT2D eigenvalue weighted by atomic mass is 14.2. The molecule has 1 aromatic carbocycles. The second kappa shape index (κ2) is 6.12. The number of benzene rings is 1. The Balaban J connectivity index is 0.000000606. The molecule has 0 heterocycles. The van der Waals surface area contributed by atoms with Gasteiger partial charge in [-0.25, -0.2) is 0 Å². The first-order valence-electron chi connectivity index (χ1n) is 5.93. The Morgan fingerprint density at radius 3 is 2.50 bits per heavy atom. The highest BCUT2D eigenvalue weighted by molar-refractivity contribution is 5.86. The SMILES string of the molecule is C=C/C=C1\C(=C/C)Cc2ccccc21.CC. The number of allylic oxidation sites excluding steroid dienone is 5. The highest BCUT2D eigenvalue weighted by Crippen LogP contribution is 2.36. The molecule has 2 rings (SSSR count). The minimum atomic E-state index is 1.06. The average Bonchev–Trinajstić information content (AvgIpc) is 2.71. The van der Waals surface area contributed by atoms with E-state index < -0.39 is 0 Å². The Labute approximate surface area is 99.0 Å². The van der Waals surface area contributed by atoms with Crippen LogP contribution < -0.4 is 0 Å². The molecule has 0 unspecified atom stereocenters. The van der Waals surface area contributed by atoms with Gasteiger partial charge in [0.1, 0.15) is 0 Å². The quantitative estimate of drug-likeness (QED) is 0.628. The van der Waals surface area contributed by atoms with Gasteiger partial charge in [-0.1, -0.05) is 62.9 Å². The fourth-order valence-electron chi connectivity index (χ4n) is 1.98. The van der Waals surface area contributed by atoms with Crippen LogP contribution in [0.2, 0.25) is 0 Å². The molecule has 0 aliphatic heterocycles. The van der Waals surface area contributed by atoms with Crippen LogP contribution in [-0.4, -0.2) is 0 Å². The van der Waals surface area contributed by atoms with Gasteiger partial charge in [0.2, 0.25) is 0 Å². The second-order valence-corrected chi connectivity index (χ2v) is 3.46. The molecule has 0 saturated heterocycles. The van der Waals surface area contributed by atoms with Crippen molar-refractivity contribution in [3.05, 3.63) is 65.8 Å². The van der Waals surface area contributed by atoms with Crippen molar-refractivity contribution in [3.8, 4) is 0 Å². The van der Waals surface area contributed by atoms with E-state index in [1.54, 1.807) is 0 Å². The standard InChI is InChI=1S/C14H14.C2H6/c1-3-7-13-11(4-2)10-12-8-5-6-9-14(12)13;1-2/h3-9H,1,10H2,2H3;1-2H3/b11-4-,13-7+;. The maximum absolute atomic E-state index is 3.76. The molecule has 1 aliphatic carbocycles. The van der Waals surface area contributed by atoms with E-state index in [1.807, 2.05) is 19.9 Å². The first kappa shape index (κ1) is 12.5. The van der Waals surface area contributed by atoms with Crippen LogP contribution >= 0.6 is 0 Å². The summed E-state index contributed by atoms with van der Waals surface area (Å²) in [7, 11) is 0. The summed E-state index contributed by atoms with van der Waals surface area (Å²) in [5.41, 5.74) is 5.53. The molecule has 0 bridgehead atoms. The van der Waals surface area contributed by atoms with Gasteiger partial charge in [0, 0.05) is 0 Å². The third-order valence-electron chi connectivity index (χ3n) is 2.67. The van der Waals surface area contributed by atoms with Gasteiger partial charge in [-0.2, -0.15) is 0 Å². The summed E-state index contributed by atoms with van der Waals surface area (Å²) >= 11 is 0. The van der Waals surface area contributed by atoms with E-state index in [9.17, 15) is 0 Å². The van der Waals surface area contributed by atoms with E-state index in [1.165, 1.54) is 22.3 Å². The Morgan fingerprint density at radius 1 is 1.19 bits per heavy atom. The largest absolute Gasteiger partial charge is 0.0990 e. The van der Waals surface area contributed by atoms with Crippen LogP contribution in [-0.2, 0) is 6.42 Å². The van der Waals surface area contributed by atoms with Gasteiger partial charge in [-0.05, 0) is 35.6 Å². The molecule has 0 amide bonds. The van der Waals surface area contributed by atoms with Crippen molar-refractivity contribution in [1.82, 2.24) is 0 Å². The normalized spacial score (nSPS) is 17.9. The van der Waals surface area contributed by atoms with Gasteiger partial charge < -0.3 is 0 Å². The summed E-state index contributed by atoms with van der Waals surface area (Å²) in [4.78, 5) is 0. The lowest BCUT2D eigenvalue weighted by atomic mass is 10.1.